The second kappa shape index (κ2) is 10.8. The highest BCUT2D eigenvalue weighted by molar-refractivity contribution is 5.85. The summed E-state index contributed by atoms with van der Waals surface area (Å²) in [7, 11) is 1.27. The van der Waals surface area contributed by atoms with Crippen LogP contribution >= 0.6 is 0 Å². The van der Waals surface area contributed by atoms with Gasteiger partial charge in [-0.15, -0.1) is 0 Å². The summed E-state index contributed by atoms with van der Waals surface area (Å²) in [5, 5.41) is 2.62. The lowest BCUT2D eigenvalue weighted by atomic mass is 9.86. The normalized spacial score (nSPS) is 15.9. The van der Waals surface area contributed by atoms with E-state index in [4.69, 9.17) is 14.2 Å². The minimum Gasteiger partial charge on any atom is -0.468 e. The minimum atomic E-state index is -1.27. The SMILES string of the molecule is C/C=C\C(C/C=C(\C)OCF)C[C@@](C)(NC(=O)OC(C)(C)C)C(=O)OC. The molecule has 0 bridgehead atoms. The van der Waals surface area contributed by atoms with Crippen molar-refractivity contribution in [3.05, 3.63) is 24.0 Å². The highest BCUT2D eigenvalue weighted by Crippen LogP contribution is 2.24. The lowest BCUT2D eigenvalue weighted by Crippen LogP contribution is -2.54. The second-order valence-corrected chi connectivity index (χ2v) is 7.24. The van der Waals surface area contributed by atoms with E-state index in [1.807, 2.05) is 19.1 Å². The van der Waals surface area contributed by atoms with Crippen molar-refractivity contribution < 1.29 is 28.2 Å². The van der Waals surface area contributed by atoms with Crippen molar-refractivity contribution in [2.24, 2.45) is 5.92 Å². The lowest BCUT2D eigenvalue weighted by Gasteiger charge is -2.31. The largest absolute Gasteiger partial charge is 0.468 e. The van der Waals surface area contributed by atoms with Gasteiger partial charge in [-0.2, -0.15) is 0 Å². The van der Waals surface area contributed by atoms with E-state index in [-0.39, 0.29) is 12.3 Å². The van der Waals surface area contributed by atoms with E-state index >= 15 is 0 Å². The van der Waals surface area contributed by atoms with Crippen molar-refractivity contribution >= 4 is 12.1 Å². The molecule has 0 saturated heterocycles. The number of ether oxygens (including phenoxy) is 3. The van der Waals surface area contributed by atoms with E-state index in [1.165, 1.54) is 7.11 Å². The lowest BCUT2D eigenvalue weighted by molar-refractivity contribution is -0.148. The van der Waals surface area contributed by atoms with Gasteiger partial charge in [-0.05, 0) is 66.4 Å². The average molecular weight is 373 g/mol. The first-order valence-corrected chi connectivity index (χ1v) is 8.55. The molecule has 150 valence electrons. The molecule has 1 amide bonds. The van der Waals surface area contributed by atoms with Crippen LogP contribution in [0.4, 0.5) is 9.18 Å². The maximum absolute atomic E-state index is 12.3. The number of esters is 1. The number of alkyl halides is 1. The molecule has 0 rings (SSSR count). The molecule has 0 spiro atoms. The Morgan fingerprint density at radius 2 is 1.85 bits per heavy atom. The first-order valence-electron chi connectivity index (χ1n) is 8.55. The molecule has 6 nitrogen and oxygen atoms in total. The zero-order chi connectivity index (χ0) is 20.4. The average Bonchev–Trinajstić information content (AvgIpc) is 2.50. The molecular formula is C19H32FNO5. The molecule has 0 aromatic carbocycles. The number of allylic oxidation sites excluding steroid dienone is 4. The summed E-state index contributed by atoms with van der Waals surface area (Å²) in [5.41, 5.74) is -1.96. The van der Waals surface area contributed by atoms with Gasteiger partial charge < -0.3 is 19.5 Å². The molecule has 0 aliphatic heterocycles. The van der Waals surface area contributed by atoms with Crippen LogP contribution in [0.2, 0.25) is 0 Å². The van der Waals surface area contributed by atoms with Crippen molar-refractivity contribution in [1.29, 1.82) is 0 Å². The first kappa shape index (κ1) is 23.9. The van der Waals surface area contributed by atoms with Gasteiger partial charge in [0.25, 0.3) is 0 Å². The Labute approximate surface area is 155 Å². The quantitative estimate of drug-likeness (QED) is 0.371. The number of carbonyl (C=O) groups excluding carboxylic acids is 2. The Balaban J connectivity index is 5.32. The Kier molecular flexibility index (Phi) is 9.98. The number of nitrogens with one attached hydrogen (secondary N) is 1. The van der Waals surface area contributed by atoms with Crippen LogP contribution in [0.15, 0.2) is 24.0 Å². The van der Waals surface area contributed by atoms with Gasteiger partial charge in [-0.25, -0.2) is 14.0 Å². The predicted octanol–water partition coefficient (Wildman–Crippen LogP) is 4.26. The minimum absolute atomic E-state index is 0.0998. The van der Waals surface area contributed by atoms with Crippen molar-refractivity contribution in [2.75, 3.05) is 14.0 Å². The number of amides is 1. The molecule has 0 aromatic heterocycles. The third-order valence-electron chi connectivity index (χ3n) is 3.54. The van der Waals surface area contributed by atoms with E-state index in [0.29, 0.717) is 12.2 Å². The van der Waals surface area contributed by atoms with E-state index < -0.39 is 30.1 Å². The molecule has 7 heteroatoms. The topological polar surface area (TPSA) is 73.9 Å². The van der Waals surface area contributed by atoms with Gasteiger partial charge in [0.1, 0.15) is 11.1 Å². The number of halogens is 1. The van der Waals surface area contributed by atoms with Crippen LogP contribution in [0.5, 0.6) is 0 Å². The number of methoxy groups -OCH3 is 1. The summed E-state index contributed by atoms with van der Waals surface area (Å²) < 4.78 is 27.1. The summed E-state index contributed by atoms with van der Waals surface area (Å²) in [6.45, 7) is 9.43. The summed E-state index contributed by atoms with van der Waals surface area (Å²) >= 11 is 0. The predicted molar refractivity (Wildman–Crippen MR) is 98.1 cm³/mol. The Bertz CT molecular complexity index is 525. The molecule has 0 saturated carbocycles. The fourth-order valence-corrected chi connectivity index (χ4v) is 2.43. The summed E-state index contributed by atoms with van der Waals surface area (Å²) in [6, 6.07) is 0. The molecule has 0 aromatic rings. The standard InChI is InChI=1S/C19H32FNO5/c1-8-9-15(11-10-14(2)25-13-20)12-19(6,16(22)24-7)21-17(23)26-18(3,4)5/h8-10,15H,11-13H2,1-7H3,(H,21,23)/b9-8-,14-10+/t15?,19-/m1/s1. The fourth-order valence-electron chi connectivity index (χ4n) is 2.43. The van der Waals surface area contributed by atoms with Gasteiger partial charge in [-0.1, -0.05) is 12.2 Å². The number of rotatable bonds is 9. The zero-order valence-electron chi connectivity index (χ0n) is 16.8. The molecule has 1 N–H and O–H groups in total. The maximum Gasteiger partial charge on any atom is 0.408 e. The molecule has 0 aliphatic carbocycles. The Hall–Kier alpha value is -2.05. The molecule has 0 fully saturated rings. The smallest absolute Gasteiger partial charge is 0.408 e. The molecule has 0 aliphatic rings. The van der Waals surface area contributed by atoms with Gasteiger partial charge in [-0.3, -0.25) is 0 Å². The van der Waals surface area contributed by atoms with Crippen LogP contribution in [-0.4, -0.2) is 37.2 Å². The zero-order valence-corrected chi connectivity index (χ0v) is 16.8. The second-order valence-electron chi connectivity index (χ2n) is 7.24. The summed E-state index contributed by atoms with van der Waals surface area (Å²) in [5.74, 6) is -0.211. The van der Waals surface area contributed by atoms with Gasteiger partial charge in [0, 0.05) is 0 Å². The fraction of sp³-hybridized carbons (Fsp3) is 0.684. The highest BCUT2D eigenvalue weighted by atomic mass is 19.1. The third kappa shape index (κ3) is 9.44. The van der Waals surface area contributed by atoms with Crippen LogP contribution < -0.4 is 5.32 Å². The van der Waals surface area contributed by atoms with Crippen LogP contribution in [0.25, 0.3) is 0 Å². The molecule has 0 heterocycles. The monoisotopic (exact) mass is 373 g/mol. The van der Waals surface area contributed by atoms with E-state index in [1.54, 1.807) is 40.7 Å². The summed E-state index contributed by atoms with van der Waals surface area (Å²) in [6.07, 6.45) is 5.61. The van der Waals surface area contributed by atoms with Crippen molar-refractivity contribution in [1.82, 2.24) is 5.32 Å². The third-order valence-corrected chi connectivity index (χ3v) is 3.54. The number of alkyl carbamates (subject to hydrolysis) is 1. The van der Waals surface area contributed by atoms with Gasteiger partial charge in [0.2, 0.25) is 6.86 Å². The number of carbonyl (C=O) groups is 2. The highest BCUT2D eigenvalue weighted by Gasteiger charge is 2.39. The maximum atomic E-state index is 12.3. The van der Waals surface area contributed by atoms with Crippen LogP contribution in [0.3, 0.4) is 0 Å². The van der Waals surface area contributed by atoms with Crippen molar-refractivity contribution in [2.45, 2.75) is 65.5 Å². The van der Waals surface area contributed by atoms with Gasteiger partial charge >= 0.3 is 12.1 Å². The number of hydrogen-bond donors (Lipinski definition) is 1. The van der Waals surface area contributed by atoms with Gasteiger partial charge in [0.05, 0.1) is 12.9 Å². The van der Waals surface area contributed by atoms with Crippen molar-refractivity contribution in [3.8, 4) is 0 Å². The number of hydrogen-bond acceptors (Lipinski definition) is 5. The van der Waals surface area contributed by atoms with Crippen LogP contribution in [0, 0.1) is 5.92 Å². The van der Waals surface area contributed by atoms with Crippen LogP contribution in [-0.2, 0) is 19.0 Å². The van der Waals surface area contributed by atoms with Gasteiger partial charge in [0.15, 0.2) is 0 Å². The first-order chi connectivity index (χ1) is 12.0. The van der Waals surface area contributed by atoms with Crippen LogP contribution in [0.1, 0.15) is 54.4 Å². The Morgan fingerprint density at radius 1 is 1.23 bits per heavy atom. The molecule has 2 atom stereocenters. The van der Waals surface area contributed by atoms with E-state index in [9.17, 15) is 14.0 Å². The summed E-state index contributed by atoms with van der Waals surface area (Å²) in [4.78, 5) is 24.5. The van der Waals surface area contributed by atoms with Crippen molar-refractivity contribution in [3.63, 3.8) is 0 Å². The molecular weight excluding hydrogens is 341 g/mol. The molecule has 0 radical (unpaired) electrons. The van der Waals surface area contributed by atoms with E-state index in [2.05, 4.69) is 5.32 Å². The molecule has 26 heavy (non-hydrogen) atoms. The van der Waals surface area contributed by atoms with E-state index in [0.717, 1.165) is 0 Å². The molecule has 1 unspecified atom stereocenters. The Morgan fingerprint density at radius 3 is 2.31 bits per heavy atom.